The molecule has 1 heterocycles. The molecule has 1 rings (SSSR count). The number of aliphatic hydroxyl groups excluding tert-OH is 1. The molecule has 0 aromatic rings. The summed E-state index contributed by atoms with van der Waals surface area (Å²) in [5, 5.41) is 9.23. The van der Waals surface area contributed by atoms with Crippen molar-refractivity contribution in [2.75, 3.05) is 13.1 Å². The van der Waals surface area contributed by atoms with Crippen LogP contribution in [0.4, 0.5) is 0 Å². The summed E-state index contributed by atoms with van der Waals surface area (Å²) in [5.74, 6) is 0. The molecule has 0 amide bonds. The van der Waals surface area contributed by atoms with Crippen molar-refractivity contribution in [2.45, 2.75) is 38.8 Å². The summed E-state index contributed by atoms with van der Waals surface area (Å²) in [6, 6.07) is 0. The first kappa shape index (κ1) is 11.9. The molecule has 0 saturated carbocycles. The Morgan fingerprint density at radius 2 is 2.00 bits per heavy atom. The van der Waals surface area contributed by atoms with Gasteiger partial charge in [0.1, 0.15) is 0 Å². The van der Waals surface area contributed by atoms with Crippen LogP contribution in [0, 0.1) is 0 Å². The zero-order valence-corrected chi connectivity index (χ0v) is 9.63. The molecule has 0 aliphatic carbocycles. The minimum absolute atomic E-state index is 0.200. The van der Waals surface area contributed by atoms with Gasteiger partial charge in [-0.2, -0.15) is 17.4 Å². The van der Waals surface area contributed by atoms with Gasteiger partial charge < -0.3 is 5.11 Å². The average molecular weight is 222 g/mol. The van der Waals surface area contributed by atoms with Gasteiger partial charge in [-0.1, -0.05) is 0 Å². The molecule has 0 unspecified atom stereocenters. The van der Waals surface area contributed by atoms with E-state index in [-0.39, 0.29) is 6.54 Å². The topological polar surface area (TPSA) is 69.6 Å². The first-order chi connectivity index (χ1) is 6.21. The van der Waals surface area contributed by atoms with Gasteiger partial charge in [0.25, 0.3) is 10.2 Å². The largest absolute Gasteiger partial charge is 0.392 e. The summed E-state index contributed by atoms with van der Waals surface area (Å²) < 4.78 is 27.2. The first-order valence-corrected chi connectivity index (χ1v) is 6.12. The third-order valence-corrected chi connectivity index (χ3v) is 3.78. The molecule has 2 N–H and O–H groups in total. The quantitative estimate of drug-likeness (QED) is 0.673. The molecule has 5 nitrogen and oxygen atoms in total. The summed E-state index contributed by atoms with van der Waals surface area (Å²) in [7, 11) is -3.43. The molecule has 0 aromatic carbocycles. The van der Waals surface area contributed by atoms with Crippen molar-refractivity contribution in [1.29, 1.82) is 0 Å². The van der Waals surface area contributed by atoms with Crippen molar-refractivity contribution in [2.24, 2.45) is 0 Å². The van der Waals surface area contributed by atoms with E-state index in [1.807, 2.05) is 0 Å². The zero-order valence-electron chi connectivity index (χ0n) is 8.82. The van der Waals surface area contributed by atoms with Gasteiger partial charge in [-0.05, 0) is 27.2 Å². The molecular formula is C8H18N2O3S. The number of hydrogen-bond acceptors (Lipinski definition) is 3. The van der Waals surface area contributed by atoms with Crippen molar-refractivity contribution >= 4 is 10.2 Å². The Morgan fingerprint density at radius 1 is 1.43 bits per heavy atom. The lowest BCUT2D eigenvalue weighted by Gasteiger charge is -2.24. The molecule has 0 spiro atoms. The van der Waals surface area contributed by atoms with Crippen molar-refractivity contribution in [3.63, 3.8) is 0 Å². The van der Waals surface area contributed by atoms with E-state index >= 15 is 0 Å². The summed E-state index contributed by atoms with van der Waals surface area (Å²) in [5.41, 5.74) is -0.480. The minimum Gasteiger partial charge on any atom is -0.392 e. The number of hydrogen-bond donors (Lipinski definition) is 2. The third kappa shape index (κ3) is 3.20. The lowest BCUT2D eigenvalue weighted by molar-refractivity contribution is 0.189. The highest BCUT2D eigenvalue weighted by atomic mass is 32.2. The number of β-amino-alcohol motifs (C(OH)–C–C–N with tert-alkyl or cyclic N) is 1. The Morgan fingerprint density at radius 3 is 2.36 bits per heavy atom. The number of rotatable bonds is 2. The van der Waals surface area contributed by atoms with Crippen LogP contribution < -0.4 is 4.72 Å². The summed E-state index contributed by atoms with van der Waals surface area (Å²) in [6.45, 7) is 5.96. The number of nitrogens with zero attached hydrogens (tertiary/aromatic N) is 1. The number of nitrogens with one attached hydrogen (secondary N) is 1. The second-order valence-corrected chi connectivity index (χ2v) is 6.33. The zero-order chi connectivity index (χ0) is 11.0. The van der Waals surface area contributed by atoms with Crippen LogP contribution in [0.1, 0.15) is 27.2 Å². The highest BCUT2D eigenvalue weighted by Crippen LogP contribution is 2.14. The molecule has 14 heavy (non-hydrogen) atoms. The molecule has 1 fully saturated rings. The Kier molecular flexibility index (Phi) is 3.20. The third-order valence-electron chi connectivity index (χ3n) is 1.90. The van der Waals surface area contributed by atoms with Gasteiger partial charge in [-0.15, -0.1) is 0 Å². The van der Waals surface area contributed by atoms with Gasteiger partial charge in [0.2, 0.25) is 0 Å². The van der Waals surface area contributed by atoms with Crippen molar-refractivity contribution in [1.82, 2.24) is 9.03 Å². The highest BCUT2D eigenvalue weighted by molar-refractivity contribution is 7.87. The van der Waals surface area contributed by atoms with Gasteiger partial charge in [-0.3, -0.25) is 0 Å². The van der Waals surface area contributed by atoms with Gasteiger partial charge in [-0.25, -0.2) is 0 Å². The van der Waals surface area contributed by atoms with Crippen LogP contribution in [0.15, 0.2) is 0 Å². The molecule has 0 aromatic heterocycles. The molecule has 1 atom stereocenters. The van der Waals surface area contributed by atoms with Gasteiger partial charge in [0.15, 0.2) is 0 Å². The van der Waals surface area contributed by atoms with E-state index in [1.165, 1.54) is 4.31 Å². The van der Waals surface area contributed by atoms with Crippen LogP contribution >= 0.6 is 0 Å². The van der Waals surface area contributed by atoms with E-state index < -0.39 is 21.9 Å². The molecule has 1 saturated heterocycles. The minimum atomic E-state index is -3.43. The van der Waals surface area contributed by atoms with Crippen LogP contribution in [-0.2, 0) is 10.2 Å². The second kappa shape index (κ2) is 3.77. The predicted octanol–water partition coefficient (Wildman–Crippen LogP) is -0.314. The number of aliphatic hydroxyl groups is 1. The Hall–Kier alpha value is -0.170. The van der Waals surface area contributed by atoms with Crippen molar-refractivity contribution in [3.8, 4) is 0 Å². The lowest BCUT2D eigenvalue weighted by atomic mass is 10.1. The van der Waals surface area contributed by atoms with Crippen LogP contribution in [0.5, 0.6) is 0 Å². The summed E-state index contributed by atoms with van der Waals surface area (Å²) in [4.78, 5) is 0. The van der Waals surface area contributed by atoms with Crippen LogP contribution in [0.25, 0.3) is 0 Å². The molecule has 84 valence electrons. The van der Waals surface area contributed by atoms with Gasteiger partial charge in [0, 0.05) is 18.6 Å². The average Bonchev–Trinajstić information content (AvgIpc) is 2.29. The normalized spacial score (nSPS) is 25.6. The summed E-state index contributed by atoms with van der Waals surface area (Å²) >= 11 is 0. The SMILES string of the molecule is CC(C)(C)NS(=O)(=O)N1CC[C@H](O)C1. The highest BCUT2D eigenvalue weighted by Gasteiger charge is 2.32. The maximum Gasteiger partial charge on any atom is 0.280 e. The van der Waals surface area contributed by atoms with Crippen molar-refractivity contribution in [3.05, 3.63) is 0 Å². The second-order valence-electron chi connectivity index (χ2n) is 4.66. The van der Waals surface area contributed by atoms with E-state index in [2.05, 4.69) is 4.72 Å². The molecule has 0 radical (unpaired) electrons. The standard InChI is InChI=1S/C8H18N2O3S/c1-8(2,3)9-14(12,13)10-5-4-7(11)6-10/h7,9,11H,4-6H2,1-3H3/t7-/m0/s1. The van der Waals surface area contributed by atoms with Crippen LogP contribution in [0.3, 0.4) is 0 Å². The van der Waals surface area contributed by atoms with E-state index in [4.69, 9.17) is 0 Å². The Labute approximate surface area is 85.3 Å². The van der Waals surface area contributed by atoms with Crippen LogP contribution in [-0.4, -0.2) is 42.6 Å². The first-order valence-electron chi connectivity index (χ1n) is 4.68. The Balaban J connectivity index is 2.67. The lowest BCUT2D eigenvalue weighted by Crippen LogP contribution is -2.48. The predicted molar refractivity (Wildman–Crippen MR) is 54.0 cm³/mol. The maximum atomic E-state index is 11.7. The fourth-order valence-corrected chi connectivity index (χ4v) is 3.00. The van der Waals surface area contributed by atoms with E-state index in [0.717, 1.165) is 0 Å². The van der Waals surface area contributed by atoms with Gasteiger partial charge >= 0.3 is 0 Å². The Bertz CT molecular complexity index is 294. The smallest absolute Gasteiger partial charge is 0.280 e. The fourth-order valence-electron chi connectivity index (χ4n) is 1.38. The molecule has 1 aliphatic heterocycles. The summed E-state index contributed by atoms with van der Waals surface area (Å²) in [6.07, 6.45) is -0.00282. The fraction of sp³-hybridized carbons (Fsp3) is 1.00. The van der Waals surface area contributed by atoms with E-state index in [1.54, 1.807) is 20.8 Å². The maximum absolute atomic E-state index is 11.7. The molecule has 0 bridgehead atoms. The monoisotopic (exact) mass is 222 g/mol. The molecule has 1 aliphatic rings. The van der Waals surface area contributed by atoms with Crippen molar-refractivity contribution < 1.29 is 13.5 Å². The molecule has 6 heteroatoms. The van der Waals surface area contributed by atoms with E-state index in [0.29, 0.717) is 13.0 Å². The van der Waals surface area contributed by atoms with Crippen LogP contribution in [0.2, 0.25) is 0 Å². The van der Waals surface area contributed by atoms with Gasteiger partial charge in [0.05, 0.1) is 6.10 Å². The molecular weight excluding hydrogens is 204 g/mol. The van der Waals surface area contributed by atoms with E-state index in [9.17, 15) is 13.5 Å².